The summed E-state index contributed by atoms with van der Waals surface area (Å²) < 4.78 is 0. The molecule has 0 saturated carbocycles. The van der Waals surface area contributed by atoms with Crippen molar-refractivity contribution >= 4 is 8.07 Å². The Kier molecular flexibility index (Phi) is 1.48. The van der Waals surface area contributed by atoms with E-state index in [4.69, 9.17) is 0 Å². The highest BCUT2D eigenvalue weighted by Crippen LogP contribution is 2.38. The summed E-state index contributed by atoms with van der Waals surface area (Å²) in [5, 5.41) is 0. The Bertz CT molecular complexity index is 86.4. The molecule has 1 heteroatoms. The summed E-state index contributed by atoms with van der Waals surface area (Å²) in [7, 11) is -0.644. The predicted octanol–water partition coefficient (Wildman–Crippen LogP) is 2.88. The second-order valence-electron chi connectivity index (χ2n) is 3.78. The molecular weight excluding hydrogens is 112 g/mol. The van der Waals surface area contributed by atoms with E-state index in [9.17, 15) is 0 Å². The minimum atomic E-state index is -0.644. The van der Waals surface area contributed by atoms with Crippen LogP contribution in [0.4, 0.5) is 0 Å². The van der Waals surface area contributed by atoms with Gasteiger partial charge in [-0.3, -0.25) is 0 Å². The number of hydrogen-bond donors (Lipinski definition) is 0. The predicted molar refractivity (Wildman–Crippen MR) is 40.9 cm³/mol. The van der Waals surface area contributed by atoms with Crippen molar-refractivity contribution in [2.45, 2.75) is 44.4 Å². The zero-order valence-corrected chi connectivity index (χ0v) is 7.20. The van der Waals surface area contributed by atoms with Crippen LogP contribution in [0.5, 0.6) is 0 Å². The summed E-state index contributed by atoms with van der Waals surface area (Å²) in [6.45, 7) is 7.47. The second kappa shape index (κ2) is 1.87. The average Bonchev–Trinajstić information content (AvgIpc) is 1.86. The fourth-order valence-electron chi connectivity index (χ4n) is 1.50. The van der Waals surface area contributed by atoms with Gasteiger partial charge in [-0.25, -0.2) is 0 Å². The van der Waals surface area contributed by atoms with Crippen molar-refractivity contribution in [3.8, 4) is 0 Å². The molecule has 0 aliphatic carbocycles. The molecule has 8 heavy (non-hydrogen) atoms. The van der Waals surface area contributed by atoms with Crippen LogP contribution in [0.25, 0.3) is 0 Å². The molecule has 1 rings (SSSR count). The molecule has 0 nitrogen and oxygen atoms in total. The highest BCUT2D eigenvalue weighted by atomic mass is 28.3. The molecule has 0 unspecified atom stereocenters. The van der Waals surface area contributed by atoms with Gasteiger partial charge in [0.25, 0.3) is 0 Å². The molecule has 0 aromatic carbocycles. The first-order valence-electron chi connectivity index (χ1n) is 3.63. The van der Waals surface area contributed by atoms with Crippen LogP contribution in [0.2, 0.25) is 24.7 Å². The van der Waals surface area contributed by atoms with E-state index in [1.807, 2.05) is 0 Å². The molecule has 1 aliphatic heterocycles. The van der Waals surface area contributed by atoms with Crippen LogP contribution >= 0.6 is 0 Å². The van der Waals surface area contributed by atoms with Crippen molar-refractivity contribution in [3.63, 3.8) is 0 Å². The van der Waals surface area contributed by atoms with Crippen LogP contribution in [-0.4, -0.2) is 8.07 Å². The Labute approximate surface area is 53.3 Å². The fourth-order valence-corrected chi connectivity index (χ4v) is 4.09. The Balaban J connectivity index is 2.54. The lowest BCUT2D eigenvalue weighted by Gasteiger charge is -2.19. The monoisotopic (exact) mass is 128 g/mol. The summed E-state index contributed by atoms with van der Waals surface area (Å²) in [5.41, 5.74) is 1.10. The third-order valence-electron chi connectivity index (χ3n) is 2.79. The van der Waals surface area contributed by atoms with Gasteiger partial charge in [0.2, 0.25) is 0 Å². The van der Waals surface area contributed by atoms with Crippen LogP contribution in [0.15, 0.2) is 0 Å². The van der Waals surface area contributed by atoms with Gasteiger partial charge in [-0.05, 0) is 5.54 Å². The Morgan fingerprint density at radius 2 is 2.00 bits per heavy atom. The fraction of sp³-hybridized carbons (Fsp3) is 1.00. The maximum absolute atomic E-state index is 2.52. The van der Waals surface area contributed by atoms with Gasteiger partial charge in [-0.15, -0.1) is 0 Å². The first-order chi connectivity index (χ1) is 3.63. The molecule has 0 amide bonds. The normalized spacial score (nSPS) is 35.6. The van der Waals surface area contributed by atoms with E-state index in [0.29, 0.717) is 0 Å². The van der Waals surface area contributed by atoms with E-state index < -0.39 is 8.07 Å². The van der Waals surface area contributed by atoms with Crippen molar-refractivity contribution in [3.05, 3.63) is 0 Å². The maximum Gasteiger partial charge on any atom is 0.0502 e. The molecule has 1 fully saturated rings. The molecular formula is C7H16Si. The zero-order chi connectivity index (χ0) is 6.20. The van der Waals surface area contributed by atoms with Gasteiger partial charge in [0.1, 0.15) is 0 Å². The topological polar surface area (TPSA) is 0 Å². The minimum absolute atomic E-state index is 0.644. The van der Waals surface area contributed by atoms with Gasteiger partial charge in [-0.2, -0.15) is 0 Å². The van der Waals surface area contributed by atoms with Crippen LogP contribution < -0.4 is 0 Å². The first kappa shape index (κ1) is 6.34. The highest BCUT2D eigenvalue weighted by Gasteiger charge is 2.32. The third kappa shape index (κ3) is 0.969. The Hall–Kier alpha value is 0.217. The zero-order valence-electron chi connectivity index (χ0n) is 6.20. The molecule has 1 saturated heterocycles. The van der Waals surface area contributed by atoms with Crippen molar-refractivity contribution in [1.29, 1.82) is 0 Å². The number of rotatable bonds is 0. The Morgan fingerprint density at radius 1 is 1.38 bits per heavy atom. The van der Waals surface area contributed by atoms with Gasteiger partial charge < -0.3 is 0 Å². The van der Waals surface area contributed by atoms with Gasteiger partial charge in [0, 0.05) is 0 Å². The summed E-state index contributed by atoms with van der Waals surface area (Å²) in [6, 6.07) is 1.58. The van der Waals surface area contributed by atoms with E-state index in [2.05, 4.69) is 20.0 Å². The van der Waals surface area contributed by atoms with Crippen molar-refractivity contribution in [1.82, 2.24) is 0 Å². The van der Waals surface area contributed by atoms with Crippen LogP contribution in [-0.2, 0) is 0 Å². The molecule has 0 bridgehead atoms. The molecule has 0 N–H and O–H groups in total. The van der Waals surface area contributed by atoms with Crippen LogP contribution in [0, 0.1) is 0 Å². The lowest BCUT2D eigenvalue weighted by Crippen LogP contribution is -2.24. The van der Waals surface area contributed by atoms with E-state index in [1.54, 1.807) is 6.04 Å². The molecule has 1 aliphatic rings. The van der Waals surface area contributed by atoms with E-state index in [-0.39, 0.29) is 0 Å². The van der Waals surface area contributed by atoms with Crippen LogP contribution in [0.3, 0.4) is 0 Å². The van der Waals surface area contributed by atoms with E-state index in [1.165, 1.54) is 12.8 Å². The van der Waals surface area contributed by atoms with Gasteiger partial charge in [0.15, 0.2) is 0 Å². The maximum atomic E-state index is 2.52. The van der Waals surface area contributed by atoms with Crippen molar-refractivity contribution in [2.24, 2.45) is 0 Å². The van der Waals surface area contributed by atoms with E-state index >= 15 is 0 Å². The largest absolute Gasteiger partial charge is 0.0692 e. The molecule has 0 aromatic heterocycles. The Morgan fingerprint density at radius 3 is 2.12 bits per heavy atom. The van der Waals surface area contributed by atoms with Gasteiger partial charge in [-0.1, -0.05) is 38.9 Å². The van der Waals surface area contributed by atoms with Gasteiger partial charge >= 0.3 is 0 Å². The van der Waals surface area contributed by atoms with E-state index in [0.717, 1.165) is 5.54 Å². The smallest absolute Gasteiger partial charge is 0.0502 e. The molecule has 0 radical (unpaired) electrons. The standard InChI is InChI=1S/C7H16Si/c1-7-5-4-6-8(7,2)3/h7H,4-6H2,1-3H3/t7-/m1/s1. The summed E-state index contributed by atoms with van der Waals surface area (Å²) >= 11 is 0. The summed E-state index contributed by atoms with van der Waals surface area (Å²) in [4.78, 5) is 0. The lowest BCUT2D eigenvalue weighted by molar-refractivity contribution is 0.816. The molecule has 1 atom stereocenters. The molecule has 1 heterocycles. The summed E-state index contributed by atoms with van der Waals surface area (Å²) in [6.07, 6.45) is 3.03. The van der Waals surface area contributed by atoms with Crippen LogP contribution in [0.1, 0.15) is 19.8 Å². The molecule has 0 spiro atoms. The third-order valence-corrected chi connectivity index (χ3v) is 7.39. The summed E-state index contributed by atoms with van der Waals surface area (Å²) in [5.74, 6) is 0. The first-order valence-corrected chi connectivity index (χ1v) is 6.91. The second-order valence-corrected chi connectivity index (χ2v) is 9.24. The molecule has 48 valence electrons. The number of hydrogen-bond acceptors (Lipinski definition) is 0. The minimum Gasteiger partial charge on any atom is -0.0692 e. The van der Waals surface area contributed by atoms with Crippen molar-refractivity contribution in [2.75, 3.05) is 0 Å². The van der Waals surface area contributed by atoms with Gasteiger partial charge in [0.05, 0.1) is 8.07 Å². The lowest BCUT2D eigenvalue weighted by atomic mass is 10.3. The highest BCUT2D eigenvalue weighted by molar-refractivity contribution is 6.79. The SMILES string of the molecule is C[C@@H]1CCC[Si]1(C)C. The van der Waals surface area contributed by atoms with Crippen molar-refractivity contribution < 1.29 is 0 Å². The average molecular weight is 128 g/mol. The quantitative estimate of drug-likeness (QED) is 0.440. The molecule has 0 aromatic rings.